The van der Waals surface area contributed by atoms with Crippen LogP contribution in [0.3, 0.4) is 0 Å². The molecule has 1 aliphatic carbocycles. The van der Waals surface area contributed by atoms with Gasteiger partial charge in [0.05, 0.1) is 25.4 Å². The van der Waals surface area contributed by atoms with E-state index in [2.05, 4.69) is 16.7 Å². The van der Waals surface area contributed by atoms with Crippen LogP contribution in [0.25, 0.3) is 0 Å². The Kier molecular flexibility index (Phi) is 7.94. The maximum absolute atomic E-state index is 12.3. The van der Waals surface area contributed by atoms with Gasteiger partial charge in [0.2, 0.25) is 5.91 Å². The smallest absolute Gasteiger partial charge is 0.249 e. The summed E-state index contributed by atoms with van der Waals surface area (Å²) in [5.74, 6) is 1.27. The fourth-order valence-electron chi connectivity index (χ4n) is 4.87. The molecule has 0 radical (unpaired) electrons. The summed E-state index contributed by atoms with van der Waals surface area (Å²) in [5, 5.41) is 6.69. The first-order valence-corrected chi connectivity index (χ1v) is 11.7. The highest BCUT2D eigenvalue weighted by Gasteiger charge is 2.33. The van der Waals surface area contributed by atoms with Crippen molar-refractivity contribution in [3.05, 3.63) is 29.8 Å². The molecule has 3 aliphatic rings. The van der Waals surface area contributed by atoms with Gasteiger partial charge >= 0.3 is 0 Å². The van der Waals surface area contributed by atoms with Crippen LogP contribution >= 0.6 is 0 Å². The summed E-state index contributed by atoms with van der Waals surface area (Å²) in [6.07, 6.45) is 7.72. The molecule has 1 amide bonds. The third-order valence-corrected chi connectivity index (χ3v) is 6.75. The molecule has 2 N–H and O–H groups in total. The molecule has 3 atom stereocenters. The number of rotatable bonds is 9. The second-order valence-corrected chi connectivity index (χ2v) is 8.79. The Balaban J connectivity index is 1.24. The SMILES string of the molecule is O=CCOc1ccccc1C1CCC(OC[C@@H]2NCCC[C@@H]2NC(=O)[C@@H]2CCO2)CC1. The van der Waals surface area contributed by atoms with E-state index in [0.29, 0.717) is 19.1 Å². The van der Waals surface area contributed by atoms with E-state index in [-0.39, 0.29) is 36.8 Å². The first-order chi connectivity index (χ1) is 15.2. The van der Waals surface area contributed by atoms with Gasteiger partial charge in [-0.15, -0.1) is 0 Å². The van der Waals surface area contributed by atoms with Crippen molar-refractivity contribution in [2.24, 2.45) is 0 Å². The van der Waals surface area contributed by atoms with Crippen LogP contribution in [0.4, 0.5) is 0 Å². The van der Waals surface area contributed by atoms with Crippen LogP contribution < -0.4 is 15.4 Å². The molecule has 7 heteroatoms. The third kappa shape index (κ3) is 5.84. The molecular formula is C24H34N2O5. The number of hydrogen-bond donors (Lipinski definition) is 2. The number of nitrogens with one attached hydrogen (secondary N) is 2. The van der Waals surface area contributed by atoms with Crippen LogP contribution in [0.5, 0.6) is 5.75 Å². The molecule has 0 unspecified atom stereocenters. The van der Waals surface area contributed by atoms with Crippen LogP contribution in [0.15, 0.2) is 24.3 Å². The number of benzene rings is 1. The zero-order valence-electron chi connectivity index (χ0n) is 18.1. The van der Waals surface area contributed by atoms with Gasteiger partial charge < -0.3 is 24.8 Å². The fourth-order valence-corrected chi connectivity index (χ4v) is 4.87. The first kappa shape index (κ1) is 22.2. The van der Waals surface area contributed by atoms with Crippen LogP contribution in [0, 0.1) is 0 Å². The minimum absolute atomic E-state index is 0.0147. The van der Waals surface area contributed by atoms with E-state index in [1.807, 2.05) is 18.2 Å². The van der Waals surface area contributed by atoms with Crippen molar-refractivity contribution in [1.82, 2.24) is 10.6 Å². The molecule has 3 fully saturated rings. The van der Waals surface area contributed by atoms with Crippen molar-refractivity contribution in [2.45, 2.75) is 75.2 Å². The normalized spacial score (nSPS) is 30.8. The number of carbonyl (C=O) groups is 2. The molecule has 2 aliphatic heterocycles. The zero-order valence-corrected chi connectivity index (χ0v) is 18.1. The van der Waals surface area contributed by atoms with Gasteiger partial charge in [0, 0.05) is 12.5 Å². The van der Waals surface area contributed by atoms with Crippen LogP contribution in [0.2, 0.25) is 0 Å². The Morgan fingerprint density at radius 3 is 2.71 bits per heavy atom. The summed E-state index contributed by atoms with van der Waals surface area (Å²) in [7, 11) is 0. The van der Waals surface area contributed by atoms with Gasteiger partial charge in [0.25, 0.3) is 0 Å². The number of para-hydroxylation sites is 1. The topological polar surface area (TPSA) is 85.9 Å². The van der Waals surface area contributed by atoms with Gasteiger partial charge in [-0.1, -0.05) is 18.2 Å². The summed E-state index contributed by atoms with van der Waals surface area (Å²) in [6, 6.07) is 8.28. The molecule has 0 bridgehead atoms. The zero-order chi connectivity index (χ0) is 21.5. The molecule has 170 valence electrons. The average Bonchev–Trinajstić information content (AvgIpc) is 2.76. The molecule has 1 aromatic rings. The van der Waals surface area contributed by atoms with E-state index in [0.717, 1.165) is 63.5 Å². The van der Waals surface area contributed by atoms with E-state index in [1.54, 1.807) is 0 Å². The van der Waals surface area contributed by atoms with E-state index in [1.165, 1.54) is 5.56 Å². The number of aldehydes is 1. The van der Waals surface area contributed by atoms with Crippen molar-refractivity contribution < 1.29 is 23.8 Å². The molecule has 4 rings (SSSR count). The number of carbonyl (C=O) groups excluding carboxylic acids is 2. The quantitative estimate of drug-likeness (QED) is 0.585. The van der Waals surface area contributed by atoms with E-state index in [4.69, 9.17) is 14.2 Å². The predicted molar refractivity (Wildman–Crippen MR) is 116 cm³/mol. The highest BCUT2D eigenvalue weighted by molar-refractivity contribution is 5.81. The summed E-state index contributed by atoms with van der Waals surface area (Å²) < 4.78 is 17.2. The summed E-state index contributed by atoms with van der Waals surface area (Å²) >= 11 is 0. The van der Waals surface area contributed by atoms with E-state index in [9.17, 15) is 9.59 Å². The Morgan fingerprint density at radius 1 is 1.16 bits per heavy atom. The van der Waals surface area contributed by atoms with Crippen molar-refractivity contribution >= 4 is 12.2 Å². The van der Waals surface area contributed by atoms with Gasteiger partial charge in [-0.3, -0.25) is 9.59 Å². The third-order valence-electron chi connectivity index (χ3n) is 6.75. The predicted octanol–water partition coefficient (Wildman–Crippen LogP) is 2.33. The maximum Gasteiger partial charge on any atom is 0.249 e. The minimum atomic E-state index is -0.267. The number of hydrogen-bond acceptors (Lipinski definition) is 6. The van der Waals surface area contributed by atoms with E-state index >= 15 is 0 Å². The monoisotopic (exact) mass is 430 g/mol. The molecule has 2 heterocycles. The first-order valence-electron chi connectivity index (χ1n) is 11.7. The minimum Gasteiger partial charge on any atom is -0.486 e. The molecule has 2 saturated heterocycles. The summed E-state index contributed by atoms with van der Waals surface area (Å²) in [4.78, 5) is 22.9. The molecule has 1 aromatic carbocycles. The maximum atomic E-state index is 12.3. The standard InChI is InChI=1S/C24H34N2O5/c27-13-15-30-22-6-2-1-4-19(22)17-7-9-18(10-8-17)31-16-21-20(5-3-12-25-21)26-24(28)23-11-14-29-23/h1-2,4,6,13,17-18,20-21,23,25H,3,5,7-12,14-16H2,(H,26,28)/t17?,18?,20-,21-,23-/m0/s1. The van der Waals surface area contributed by atoms with Gasteiger partial charge in [0.1, 0.15) is 18.5 Å². The van der Waals surface area contributed by atoms with Crippen LogP contribution in [-0.2, 0) is 19.1 Å². The lowest BCUT2D eigenvalue weighted by atomic mass is 9.82. The second-order valence-electron chi connectivity index (χ2n) is 8.79. The molecule has 0 aromatic heterocycles. The van der Waals surface area contributed by atoms with Crippen LogP contribution in [0.1, 0.15) is 56.4 Å². The van der Waals surface area contributed by atoms with Crippen molar-refractivity contribution in [2.75, 3.05) is 26.4 Å². The molecule has 0 spiro atoms. The van der Waals surface area contributed by atoms with Gasteiger partial charge in [0.15, 0.2) is 6.29 Å². The fraction of sp³-hybridized carbons (Fsp3) is 0.667. The van der Waals surface area contributed by atoms with Crippen molar-refractivity contribution in [3.8, 4) is 5.75 Å². The second kappa shape index (κ2) is 11.1. The van der Waals surface area contributed by atoms with Crippen LogP contribution in [-0.4, -0.2) is 62.9 Å². The molecule has 7 nitrogen and oxygen atoms in total. The highest BCUT2D eigenvalue weighted by atomic mass is 16.5. The van der Waals surface area contributed by atoms with Crippen molar-refractivity contribution in [3.63, 3.8) is 0 Å². The Labute approximate surface area is 184 Å². The lowest BCUT2D eigenvalue weighted by Gasteiger charge is -2.37. The lowest BCUT2D eigenvalue weighted by Crippen LogP contribution is -2.58. The largest absolute Gasteiger partial charge is 0.486 e. The Bertz CT molecular complexity index is 730. The summed E-state index contributed by atoms with van der Waals surface area (Å²) in [5.41, 5.74) is 1.19. The van der Waals surface area contributed by atoms with Crippen molar-refractivity contribution in [1.29, 1.82) is 0 Å². The molecule has 31 heavy (non-hydrogen) atoms. The molecule has 1 saturated carbocycles. The average molecular weight is 431 g/mol. The Morgan fingerprint density at radius 2 is 1.97 bits per heavy atom. The van der Waals surface area contributed by atoms with Gasteiger partial charge in [-0.05, 0) is 62.6 Å². The lowest BCUT2D eigenvalue weighted by molar-refractivity contribution is -0.146. The number of piperidine rings is 1. The Hall–Kier alpha value is -1.96. The van der Waals surface area contributed by atoms with Gasteiger partial charge in [-0.2, -0.15) is 0 Å². The number of ether oxygens (including phenoxy) is 3. The van der Waals surface area contributed by atoms with E-state index < -0.39 is 0 Å². The number of amides is 1. The van der Waals surface area contributed by atoms with Gasteiger partial charge in [-0.25, -0.2) is 0 Å². The molecular weight excluding hydrogens is 396 g/mol. The highest BCUT2D eigenvalue weighted by Crippen LogP contribution is 2.38. The summed E-state index contributed by atoms with van der Waals surface area (Å²) in [6.45, 7) is 2.35.